The lowest BCUT2D eigenvalue weighted by molar-refractivity contribution is 0.418. The molecule has 2 rings (SSSR count). The summed E-state index contributed by atoms with van der Waals surface area (Å²) < 4.78 is 5.30. The third-order valence-electron chi connectivity index (χ3n) is 2.61. The van der Waals surface area contributed by atoms with Crippen molar-refractivity contribution in [2.24, 2.45) is 0 Å². The molecular weight excluding hydrogens is 186 g/mol. The molecule has 0 unspecified atom stereocenters. The number of fused-ring (bicyclic) bond motifs is 1. The third-order valence-corrected chi connectivity index (χ3v) is 2.61. The van der Waals surface area contributed by atoms with Crippen molar-refractivity contribution in [1.29, 1.82) is 0 Å². The largest absolute Gasteiger partial charge is 0.494 e. The average molecular weight is 201 g/mol. The Bertz CT molecular complexity index is 477. The standard InChI is InChI=1S/C13H15NO/c1-9(2)10-6-7-12(15-3)13-11(10)5-4-8-14-13/h4-9H,1-3H3. The molecule has 0 saturated carbocycles. The van der Waals surface area contributed by atoms with Gasteiger partial charge in [0.2, 0.25) is 0 Å². The van der Waals surface area contributed by atoms with E-state index in [2.05, 4.69) is 31.0 Å². The zero-order chi connectivity index (χ0) is 10.8. The van der Waals surface area contributed by atoms with Crippen LogP contribution < -0.4 is 4.74 Å². The van der Waals surface area contributed by atoms with E-state index in [-0.39, 0.29) is 0 Å². The number of pyridine rings is 1. The summed E-state index contributed by atoms with van der Waals surface area (Å²) in [7, 11) is 1.68. The Morgan fingerprint density at radius 2 is 2.00 bits per heavy atom. The Hall–Kier alpha value is -1.57. The first-order valence-electron chi connectivity index (χ1n) is 5.15. The molecule has 1 heterocycles. The van der Waals surface area contributed by atoms with Crippen molar-refractivity contribution >= 4 is 10.9 Å². The van der Waals surface area contributed by atoms with Gasteiger partial charge in [-0.15, -0.1) is 0 Å². The minimum Gasteiger partial charge on any atom is -0.494 e. The fourth-order valence-corrected chi connectivity index (χ4v) is 1.84. The smallest absolute Gasteiger partial charge is 0.145 e. The molecule has 0 bridgehead atoms. The zero-order valence-electron chi connectivity index (χ0n) is 9.32. The summed E-state index contributed by atoms with van der Waals surface area (Å²) in [6.07, 6.45) is 1.80. The van der Waals surface area contributed by atoms with E-state index in [9.17, 15) is 0 Å². The molecule has 0 atom stereocenters. The molecule has 2 heteroatoms. The van der Waals surface area contributed by atoms with Gasteiger partial charge < -0.3 is 4.74 Å². The third kappa shape index (κ3) is 1.67. The highest BCUT2D eigenvalue weighted by atomic mass is 16.5. The highest BCUT2D eigenvalue weighted by Crippen LogP contribution is 2.30. The van der Waals surface area contributed by atoms with Gasteiger partial charge in [0.15, 0.2) is 0 Å². The fraction of sp³-hybridized carbons (Fsp3) is 0.308. The highest BCUT2D eigenvalue weighted by molar-refractivity contribution is 5.87. The summed E-state index contributed by atoms with van der Waals surface area (Å²) in [5, 5.41) is 1.19. The van der Waals surface area contributed by atoms with Crippen molar-refractivity contribution in [3.8, 4) is 5.75 Å². The van der Waals surface area contributed by atoms with E-state index >= 15 is 0 Å². The van der Waals surface area contributed by atoms with E-state index in [4.69, 9.17) is 4.74 Å². The van der Waals surface area contributed by atoms with Crippen LogP contribution in [0.3, 0.4) is 0 Å². The molecule has 2 aromatic rings. The van der Waals surface area contributed by atoms with Gasteiger partial charge in [-0.1, -0.05) is 26.0 Å². The monoisotopic (exact) mass is 201 g/mol. The maximum absolute atomic E-state index is 5.30. The van der Waals surface area contributed by atoms with Crippen LogP contribution in [-0.4, -0.2) is 12.1 Å². The van der Waals surface area contributed by atoms with Gasteiger partial charge in [-0.25, -0.2) is 0 Å². The summed E-state index contributed by atoms with van der Waals surface area (Å²) in [6, 6.07) is 8.17. The number of ether oxygens (including phenoxy) is 1. The molecule has 0 fully saturated rings. The lowest BCUT2D eigenvalue weighted by Crippen LogP contribution is -1.93. The van der Waals surface area contributed by atoms with Crippen LogP contribution >= 0.6 is 0 Å². The van der Waals surface area contributed by atoms with E-state index in [1.807, 2.05) is 12.1 Å². The first-order valence-corrected chi connectivity index (χ1v) is 5.15. The Morgan fingerprint density at radius 1 is 1.20 bits per heavy atom. The summed E-state index contributed by atoms with van der Waals surface area (Å²) >= 11 is 0. The van der Waals surface area contributed by atoms with Gasteiger partial charge in [-0.05, 0) is 23.6 Å². The first kappa shape index (κ1) is 9.97. The van der Waals surface area contributed by atoms with E-state index in [0.29, 0.717) is 5.92 Å². The summed E-state index contributed by atoms with van der Waals surface area (Å²) in [6.45, 7) is 4.38. The molecule has 1 aromatic heterocycles. The van der Waals surface area contributed by atoms with Crippen molar-refractivity contribution in [2.45, 2.75) is 19.8 Å². The first-order chi connectivity index (χ1) is 7.24. The lowest BCUT2D eigenvalue weighted by atomic mass is 9.98. The number of nitrogens with zero attached hydrogens (tertiary/aromatic N) is 1. The Balaban J connectivity index is 2.77. The molecule has 0 N–H and O–H groups in total. The quantitative estimate of drug-likeness (QED) is 0.743. The Kier molecular flexibility index (Phi) is 2.58. The average Bonchev–Trinajstić information content (AvgIpc) is 2.27. The molecule has 0 aliphatic heterocycles. The molecule has 15 heavy (non-hydrogen) atoms. The van der Waals surface area contributed by atoms with Crippen LogP contribution in [0.5, 0.6) is 5.75 Å². The topological polar surface area (TPSA) is 22.1 Å². The Labute approximate surface area is 89.9 Å². The van der Waals surface area contributed by atoms with Gasteiger partial charge in [0.1, 0.15) is 11.3 Å². The van der Waals surface area contributed by atoms with Gasteiger partial charge in [-0.2, -0.15) is 0 Å². The van der Waals surface area contributed by atoms with Gasteiger partial charge in [0.05, 0.1) is 7.11 Å². The van der Waals surface area contributed by atoms with Crippen molar-refractivity contribution in [2.75, 3.05) is 7.11 Å². The molecule has 0 aliphatic rings. The van der Waals surface area contributed by atoms with Crippen molar-refractivity contribution in [1.82, 2.24) is 4.98 Å². The van der Waals surface area contributed by atoms with Crippen molar-refractivity contribution in [3.63, 3.8) is 0 Å². The minimum atomic E-state index is 0.502. The number of benzene rings is 1. The van der Waals surface area contributed by atoms with E-state index in [0.717, 1.165) is 11.3 Å². The molecule has 2 nitrogen and oxygen atoms in total. The van der Waals surface area contributed by atoms with E-state index in [1.54, 1.807) is 13.3 Å². The van der Waals surface area contributed by atoms with Crippen molar-refractivity contribution < 1.29 is 4.74 Å². The molecule has 1 aromatic carbocycles. The molecule has 78 valence electrons. The normalized spacial score (nSPS) is 10.9. The van der Waals surface area contributed by atoms with Gasteiger partial charge in [0.25, 0.3) is 0 Å². The van der Waals surface area contributed by atoms with Gasteiger partial charge >= 0.3 is 0 Å². The molecule has 0 spiro atoms. The van der Waals surface area contributed by atoms with E-state index in [1.165, 1.54) is 10.9 Å². The number of rotatable bonds is 2. The van der Waals surface area contributed by atoms with Crippen LogP contribution in [-0.2, 0) is 0 Å². The second-order valence-electron chi connectivity index (χ2n) is 3.91. The summed E-state index contributed by atoms with van der Waals surface area (Å²) in [5.41, 5.74) is 2.27. The van der Waals surface area contributed by atoms with Crippen molar-refractivity contribution in [3.05, 3.63) is 36.0 Å². The minimum absolute atomic E-state index is 0.502. The lowest BCUT2D eigenvalue weighted by Gasteiger charge is -2.11. The number of aromatic nitrogens is 1. The molecule has 0 radical (unpaired) electrons. The summed E-state index contributed by atoms with van der Waals surface area (Å²) in [5.74, 6) is 1.35. The van der Waals surface area contributed by atoms with Crippen LogP contribution in [0.4, 0.5) is 0 Å². The van der Waals surface area contributed by atoms with Crippen LogP contribution in [0.2, 0.25) is 0 Å². The number of hydrogen-bond donors (Lipinski definition) is 0. The highest BCUT2D eigenvalue weighted by Gasteiger charge is 2.09. The van der Waals surface area contributed by atoms with Gasteiger partial charge in [-0.3, -0.25) is 4.98 Å². The van der Waals surface area contributed by atoms with Crippen LogP contribution in [0, 0.1) is 0 Å². The fourth-order valence-electron chi connectivity index (χ4n) is 1.84. The molecular formula is C13H15NO. The van der Waals surface area contributed by atoms with Gasteiger partial charge in [0, 0.05) is 11.6 Å². The van der Waals surface area contributed by atoms with Crippen LogP contribution in [0.1, 0.15) is 25.3 Å². The second-order valence-corrected chi connectivity index (χ2v) is 3.91. The molecule has 0 aliphatic carbocycles. The number of hydrogen-bond acceptors (Lipinski definition) is 2. The predicted octanol–water partition coefficient (Wildman–Crippen LogP) is 3.37. The second kappa shape index (κ2) is 3.89. The van der Waals surface area contributed by atoms with Crippen LogP contribution in [0.15, 0.2) is 30.5 Å². The predicted molar refractivity (Wildman–Crippen MR) is 62.4 cm³/mol. The zero-order valence-corrected chi connectivity index (χ0v) is 9.32. The van der Waals surface area contributed by atoms with E-state index < -0.39 is 0 Å². The summed E-state index contributed by atoms with van der Waals surface area (Å²) in [4.78, 5) is 4.37. The number of methoxy groups -OCH3 is 1. The Morgan fingerprint density at radius 3 is 2.67 bits per heavy atom. The SMILES string of the molecule is COc1ccc(C(C)C)c2cccnc12. The maximum Gasteiger partial charge on any atom is 0.145 e. The maximum atomic E-state index is 5.30. The molecule has 0 saturated heterocycles. The van der Waals surface area contributed by atoms with Crippen LogP contribution in [0.25, 0.3) is 10.9 Å². The molecule has 0 amide bonds.